The number of methoxy groups -OCH3 is 2. The summed E-state index contributed by atoms with van der Waals surface area (Å²) in [7, 11) is 3.03. The summed E-state index contributed by atoms with van der Waals surface area (Å²) in [5.41, 5.74) is 1.23. The topological polar surface area (TPSA) is 167 Å². The van der Waals surface area contributed by atoms with Crippen molar-refractivity contribution in [3.05, 3.63) is 66.7 Å². The number of fused-ring (bicyclic) bond motifs is 1. The van der Waals surface area contributed by atoms with E-state index in [1.165, 1.54) is 20.3 Å². The maximum absolute atomic E-state index is 12.7. The third-order valence-electron chi connectivity index (χ3n) is 5.66. The van der Waals surface area contributed by atoms with Crippen LogP contribution in [0, 0.1) is 0 Å². The second-order valence-electron chi connectivity index (χ2n) is 10.1. The van der Waals surface area contributed by atoms with Gasteiger partial charge in [-0.25, -0.2) is 14.8 Å². The van der Waals surface area contributed by atoms with Crippen molar-refractivity contribution in [2.45, 2.75) is 26.4 Å². The van der Waals surface area contributed by atoms with Crippen molar-refractivity contribution in [2.24, 2.45) is 0 Å². The number of anilines is 5. The van der Waals surface area contributed by atoms with Crippen LogP contribution >= 0.6 is 0 Å². The van der Waals surface area contributed by atoms with Gasteiger partial charge in [0.1, 0.15) is 23.6 Å². The van der Waals surface area contributed by atoms with Gasteiger partial charge in [-0.05, 0) is 51.1 Å². The molecule has 0 saturated carbocycles. The number of hydrogen-bond donors (Lipinski definition) is 3. The number of ether oxygens (including phenoxy) is 3. The molecule has 0 spiro atoms. The average molecular weight is 608 g/mol. The molecule has 0 aliphatic rings. The first-order chi connectivity index (χ1) is 20.5. The van der Waals surface area contributed by atoms with E-state index < -0.39 is 28.9 Å². The molecule has 1 aromatic heterocycles. The molecule has 14 heteroatoms. The lowest BCUT2D eigenvalue weighted by atomic mass is 10.2. The van der Waals surface area contributed by atoms with Crippen LogP contribution in [0.15, 0.2) is 66.7 Å². The molecule has 0 fully saturated rings. The highest BCUT2D eigenvalue weighted by atomic mass is 32.2. The van der Waals surface area contributed by atoms with Crippen molar-refractivity contribution < 1.29 is 32.6 Å². The number of nitrogens with zero attached hydrogens (tertiary/aromatic N) is 3. The Kier molecular flexibility index (Phi) is 9.63. The van der Waals surface area contributed by atoms with Gasteiger partial charge < -0.3 is 34.7 Å². The monoisotopic (exact) mass is 607 g/mol. The standard InChI is InChI=1S/C29H32N6O7S/c1-29(2,3)42-28(37)30-17-25(36)31-18-9-8-10-20(13-18)35(43(38)39)27-26(33-23-11-6-7-12-24(23)34-27)32-19-14-21(40-4)16-22(15-19)41-5/h6-16H,17H2,1-5H3,(H,30,37)(H,31,36)(H,32,33)(H,38,39)/p-1. The Hall–Kier alpha value is -4.95. The van der Waals surface area contributed by atoms with Gasteiger partial charge in [0.2, 0.25) is 5.91 Å². The van der Waals surface area contributed by atoms with Gasteiger partial charge in [-0.3, -0.25) is 13.3 Å². The van der Waals surface area contributed by atoms with Crippen LogP contribution in [0.4, 0.5) is 33.5 Å². The molecule has 0 aliphatic carbocycles. The van der Waals surface area contributed by atoms with E-state index in [1.54, 1.807) is 81.4 Å². The van der Waals surface area contributed by atoms with Crippen molar-refractivity contribution in [2.75, 3.05) is 35.7 Å². The summed E-state index contributed by atoms with van der Waals surface area (Å²) >= 11 is -2.86. The lowest BCUT2D eigenvalue weighted by Gasteiger charge is -2.27. The number of amides is 2. The smallest absolute Gasteiger partial charge is 0.408 e. The molecule has 4 rings (SSSR count). The molecular formula is C29H31N6O7S-. The van der Waals surface area contributed by atoms with Gasteiger partial charge in [0, 0.05) is 29.6 Å². The van der Waals surface area contributed by atoms with E-state index in [2.05, 4.69) is 25.9 Å². The molecule has 1 heterocycles. The summed E-state index contributed by atoms with van der Waals surface area (Å²) in [6, 6.07) is 18.3. The minimum Gasteiger partial charge on any atom is -0.755 e. The van der Waals surface area contributed by atoms with Crippen LogP contribution in [0.25, 0.3) is 11.0 Å². The fourth-order valence-corrected chi connectivity index (χ4v) is 4.45. The molecular weight excluding hydrogens is 576 g/mol. The van der Waals surface area contributed by atoms with Crippen molar-refractivity contribution in [1.29, 1.82) is 0 Å². The zero-order chi connectivity index (χ0) is 31.1. The van der Waals surface area contributed by atoms with Crippen LogP contribution in [0.3, 0.4) is 0 Å². The van der Waals surface area contributed by atoms with Gasteiger partial charge in [0.15, 0.2) is 11.6 Å². The minimum atomic E-state index is -2.86. The summed E-state index contributed by atoms with van der Waals surface area (Å²) in [6.07, 6.45) is -0.743. The lowest BCUT2D eigenvalue weighted by molar-refractivity contribution is -0.115. The van der Waals surface area contributed by atoms with Gasteiger partial charge in [0.05, 0.1) is 42.2 Å². The number of carbonyl (C=O) groups is 2. The summed E-state index contributed by atoms with van der Waals surface area (Å²) < 4.78 is 42.2. The molecule has 43 heavy (non-hydrogen) atoms. The Labute approximate surface area is 251 Å². The molecule has 3 N–H and O–H groups in total. The highest BCUT2D eigenvalue weighted by Gasteiger charge is 2.21. The molecule has 0 radical (unpaired) electrons. The maximum Gasteiger partial charge on any atom is 0.408 e. The Morgan fingerprint density at radius 2 is 1.56 bits per heavy atom. The van der Waals surface area contributed by atoms with Crippen LogP contribution in [0.2, 0.25) is 0 Å². The normalized spacial score (nSPS) is 11.8. The van der Waals surface area contributed by atoms with E-state index >= 15 is 0 Å². The SMILES string of the molecule is COc1cc(Nc2nc3ccccc3nc2N(c2cccc(NC(=O)CNC(=O)OC(C)(C)C)c2)S(=O)[O-])cc(OC)c1. The van der Waals surface area contributed by atoms with Crippen molar-refractivity contribution in [3.8, 4) is 11.5 Å². The number of para-hydroxylation sites is 2. The van der Waals surface area contributed by atoms with Gasteiger partial charge >= 0.3 is 6.09 Å². The summed E-state index contributed by atoms with van der Waals surface area (Å²) in [6.45, 7) is 4.76. The maximum atomic E-state index is 12.7. The molecule has 1 unspecified atom stereocenters. The quantitative estimate of drug-likeness (QED) is 0.213. The Morgan fingerprint density at radius 3 is 2.16 bits per heavy atom. The zero-order valence-electron chi connectivity index (χ0n) is 24.2. The summed E-state index contributed by atoms with van der Waals surface area (Å²) in [4.78, 5) is 33.7. The predicted molar refractivity (Wildman–Crippen MR) is 163 cm³/mol. The Morgan fingerprint density at radius 1 is 0.907 bits per heavy atom. The van der Waals surface area contributed by atoms with Crippen LogP contribution in [0.1, 0.15) is 20.8 Å². The molecule has 0 aliphatic heterocycles. The molecule has 4 aromatic rings. The summed E-state index contributed by atoms with van der Waals surface area (Å²) in [5.74, 6) is 0.577. The van der Waals surface area contributed by atoms with E-state index in [9.17, 15) is 18.4 Å². The number of benzene rings is 3. The van der Waals surface area contributed by atoms with Crippen LogP contribution in [-0.2, 0) is 20.8 Å². The van der Waals surface area contributed by atoms with E-state index in [0.717, 1.165) is 4.31 Å². The number of aromatic nitrogens is 2. The van der Waals surface area contributed by atoms with Gasteiger partial charge in [0.25, 0.3) is 0 Å². The molecule has 2 amide bonds. The largest absolute Gasteiger partial charge is 0.755 e. The fourth-order valence-electron chi connectivity index (χ4n) is 3.89. The number of hydrogen-bond acceptors (Lipinski definition) is 10. The van der Waals surface area contributed by atoms with Gasteiger partial charge in [-0.1, -0.05) is 18.2 Å². The zero-order valence-corrected chi connectivity index (χ0v) is 25.0. The minimum absolute atomic E-state index is 0.0242. The molecule has 3 aromatic carbocycles. The van der Waals surface area contributed by atoms with Crippen molar-refractivity contribution >= 4 is 63.0 Å². The number of nitrogens with one attached hydrogen (secondary N) is 3. The van der Waals surface area contributed by atoms with Gasteiger partial charge in [-0.15, -0.1) is 0 Å². The Balaban J connectivity index is 1.67. The lowest BCUT2D eigenvalue weighted by Crippen LogP contribution is -2.37. The average Bonchev–Trinajstić information content (AvgIpc) is 2.95. The first kappa shape index (κ1) is 31.0. The predicted octanol–water partition coefficient (Wildman–Crippen LogP) is 4.79. The highest BCUT2D eigenvalue weighted by molar-refractivity contribution is 7.81. The molecule has 0 saturated heterocycles. The van der Waals surface area contributed by atoms with Crippen molar-refractivity contribution in [3.63, 3.8) is 0 Å². The number of carbonyl (C=O) groups excluding carboxylic acids is 2. The van der Waals surface area contributed by atoms with E-state index in [-0.39, 0.29) is 29.6 Å². The van der Waals surface area contributed by atoms with Crippen molar-refractivity contribution in [1.82, 2.24) is 15.3 Å². The number of alkyl carbamates (subject to hydrolysis) is 1. The van der Waals surface area contributed by atoms with Gasteiger partial charge in [-0.2, -0.15) is 0 Å². The van der Waals surface area contributed by atoms with E-state index in [4.69, 9.17) is 14.2 Å². The van der Waals surface area contributed by atoms with E-state index in [1.807, 2.05) is 0 Å². The fraction of sp³-hybridized carbons (Fsp3) is 0.241. The van der Waals surface area contributed by atoms with E-state index in [0.29, 0.717) is 28.2 Å². The second-order valence-corrected chi connectivity index (χ2v) is 10.9. The van der Waals surface area contributed by atoms with Crippen LogP contribution in [-0.4, -0.2) is 57.1 Å². The third-order valence-corrected chi connectivity index (χ3v) is 6.35. The summed E-state index contributed by atoms with van der Waals surface area (Å²) in [5, 5.41) is 8.16. The molecule has 0 bridgehead atoms. The third kappa shape index (κ3) is 8.30. The van der Waals surface area contributed by atoms with Crippen LogP contribution in [0.5, 0.6) is 11.5 Å². The first-order valence-electron chi connectivity index (χ1n) is 13.0. The molecule has 1 atom stereocenters. The highest BCUT2D eigenvalue weighted by Crippen LogP contribution is 2.36. The Bertz CT molecular complexity index is 1640. The number of rotatable bonds is 10. The second kappa shape index (κ2) is 13.4. The van der Waals surface area contributed by atoms with Crippen LogP contribution < -0.4 is 29.7 Å². The molecule has 226 valence electrons. The molecule has 13 nitrogen and oxygen atoms in total. The first-order valence-corrected chi connectivity index (χ1v) is 14.0.